The highest BCUT2D eigenvalue weighted by Gasteiger charge is 2.49. The minimum atomic E-state index is -3.68. The van der Waals surface area contributed by atoms with E-state index < -0.39 is 15.7 Å². The largest absolute Gasteiger partial charge is 0.379 e. The van der Waals surface area contributed by atoms with Gasteiger partial charge in [-0.05, 0) is 19.4 Å². The number of hydrogen-bond donors (Lipinski definition) is 0. The molecule has 0 unspecified atom stereocenters. The first-order valence-electron chi connectivity index (χ1n) is 8.52. The van der Waals surface area contributed by atoms with Gasteiger partial charge in [0, 0.05) is 32.7 Å². The minimum Gasteiger partial charge on any atom is -0.379 e. The van der Waals surface area contributed by atoms with Crippen LogP contribution in [0.3, 0.4) is 0 Å². The van der Waals surface area contributed by atoms with Crippen molar-refractivity contribution >= 4 is 16.1 Å². The first-order valence-corrected chi connectivity index (χ1v) is 9.92. The SMILES string of the molecule is CC1(C)C(=O)N(Cc2ccccc2)CCN1S(=O)(=O)N1CCOCC1. The van der Waals surface area contributed by atoms with E-state index in [9.17, 15) is 13.2 Å². The molecule has 1 aromatic carbocycles. The molecule has 0 atom stereocenters. The van der Waals surface area contributed by atoms with Crippen LogP contribution in [-0.2, 0) is 26.3 Å². The molecule has 0 N–H and O–H groups in total. The Hall–Kier alpha value is -1.48. The lowest BCUT2D eigenvalue weighted by Crippen LogP contribution is -2.66. The summed E-state index contributed by atoms with van der Waals surface area (Å²) in [5, 5.41) is 0. The number of benzene rings is 1. The molecule has 2 aliphatic rings. The molecule has 0 radical (unpaired) electrons. The van der Waals surface area contributed by atoms with Crippen molar-refractivity contribution in [3.63, 3.8) is 0 Å². The second-order valence-corrected chi connectivity index (χ2v) is 8.72. The number of amides is 1. The van der Waals surface area contributed by atoms with E-state index in [1.165, 1.54) is 8.61 Å². The van der Waals surface area contributed by atoms with Crippen molar-refractivity contribution in [1.82, 2.24) is 13.5 Å². The summed E-state index contributed by atoms with van der Waals surface area (Å²) in [6.45, 7) is 5.99. The van der Waals surface area contributed by atoms with Crippen LogP contribution in [0.5, 0.6) is 0 Å². The molecule has 138 valence electrons. The number of hydrogen-bond acceptors (Lipinski definition) is 4. The van der Waals surface area contributed by atoms with Gasteiger partial charge in [-0.3, -0.25) is 4.79 Å². The Labute approximate surface area is 149 Å². The molecule has 0 saturated carbocycles. The number of ether oxygens (including phenoxy) is 1. The predicted octanol–water partition coefficient (Wildman–Crippen LogP) is 0.686. The average Bonchev–Trinajstić information content (AvgIpc) is 2.60. The smallest absolute Gasteiger partial charge is 0.283 e. The number of carbonyl (C=O) groups excluding carboxylic acids is 1. The molecule has 8 heteroatoms. The molecule has 0 aromatic heterocycles. The van der Waals surface area contributed by atoms with Crippen molar-refractivity contribution in [3.05, 3.63) is 35.9 Å². The molecular formula is C17H25N3O4S. The fraction of sp³-hybridized carbons (Fsp3) is 0.588. The zero-order valence-corrected chi connectivity index (χ0v) is 15.5. The molecule has 0 bridgehead atoms. The molecule has 2 saturated heterocycles. The van der Waals surface area contributed by atoms with Crippen LogP contribution in [0, 0.1) is 0 Å². The van der Waals surface area contributed by atoms with Crippen LogP contribution in [0.25, 0.3) is 0 Å². The molecule has 2 heterocycles. The summed E-state index contributed by atoms with van der Waals surface area (Å²) in [7, 11) is -3.68. The van der Waals surface area contributed by atoms with Crippen molar-refractivity contribution in [2.24, 2.45) is 0 Å². The second kappa shape index (κ2) is 7.03. The summed E-state index contributed by atoms with van der Waals surface area (Å²) in [6, 6.07) is 9.74. The van der Waals surface area contributed by atoms with E-state index >= 15 is 0 Å². The number of nitrogens with zero attached hydrogens (tertiary/aromatic N) is 3. The van der Waals surface area contributed by atoms with E-state index in [1.807, 2.05) is 30.3 Å². The first-order chi connectivity index (χ1) is 11.8. The van der Waals surface area contributed by atoms with Gasteiger partial charge in [0.15, 0.2) is 0 Å². The molecule has 3 rings (SSSR count). The van der Waals surface area contributed by atoms with Gasteiger partial charge in [-0.1, -0.05) is 30.3 Å². The van der Waals surface area contributed by atoms with E-state index in [1.54, 1.807) is 18.7 Å². The van der Waals surface area contributed by atoms with Crippen LogP contribution in [-0.4, -0.2) is 72.8 Å². The van der Waals surface area contributed by atoms with Crippen LogP contribution in [0.4, 0.5) is 0 Å². The molecule has 0 spiro atoms. The average molecular weight is 367 g/mol. The highest BCUT2D eigenvalue weighted by Crippen LogP contribution is 2.28. The third-order valence-corrected chi connectivity index (χ3v) is 7.01. The van der Waals surface area contributed by atoms with Crippen molar-refractivity contribution < 1.29 is 17.9 Å². The monoisotopic (exact) mass is 367 g/mol. The predicted molar refractivity (Wildman–Crippen MR) is 94.0 cm³/mol. The van der Waals surface area contributed by atoms with Gasteiger partial charge in [0.2, 0.25) is 5.91 Å². The third-order valence-electron chi connectivity index (χ3n) is 4.80. The number of carbonyl (C=O) groups is 1. The lowest BCUT2D eigenvalue weighted by molar-refractivity contribution is -0.145. The van der Waals surface area contributed by atoms with Crippen molar-refractivity contribution in [3.8, 4) is 0 Å². The molecule has 2 fully saturated rings. The summed E-state index contributed by atoms with van der Waals surface area (Å²) >= 11 is 0. The molecule has 0 aliphatic carbocycles. The number of morpholine rings is 1. The van der Waals surface area contributed by atoms with E-state index in [4.69, 9.17) is 4.74 Å². The van der Waals surface area contributed by atoms with E-state index in [0.717, 1.165) is 5.56 Å². The molecule has 2 aliphatic heterocycles. The van der Waals surface area contributed by atoms with Gasteiger partial charge < -0.3 is 9.64 Å². The standard InChI is InChI=1S/C17H25N3O4S/c1-17(2)16(21)18(14-15-6-4-3-5-7-15)8-9-20(17)25(22,23)19-10-12-24-13-11-19/h3-7H,8-14H2,1-2H3. The molecule has 1 aromatic rings. The van der Waals surface area contributed by atoms with Crippen LogP contribution >= 0.6 is 0 Å². The summed E-state index contributed by atoms with van der Waals surface area (Å²) < 4.78 is 34.0. The van der Waals surface area contributed by atoms with Gasteiger partial charge in [-0.25, -0.2) is 0 Å². The zero-order valence-electron chi connectivity index (χ0n) is 14.7. The first kappa shape index (κ1) is 18.3. The Balaban J connectivity index is 1.78. The van der Waals surface area contributed by atoms with Gasteiger partial charge >= 0.3 is 0 Å². The van der Waals surface area contributed by atoms with Gasteiger partial charge in [0.25, 0.3) is 10.2 Å². The highest BCUT2D eigenvalue weighted by atomic mass is 32.2. The topological polar surface area (TPSA) is 70.2 Å². The van der Waals surface area contributed by atoms with Crippen molar-refractivity contribution in [2.75, 3.05) is 39.4 Å². The van der Waals surface area contributed by atoms with Crippen LogP contribution < -0.4 is 0 Å². The number of piperazine rings is 1. The van der Waals surface area contributed by atoms with E-state index in [0.29, 0.717) is 45.9 Å². The van der Waals surface area contributed by atoms with Crippen molar-refractivity contribution in [2.45, 2.75) is 25.9 Å². The van der Waals surface area contributed by atoms with Gasteiger partial charge in [-0.2, -0.15) is 17.0 Å². The zero-order chi connectivity index (χ0) is 18.1. The Kier molecular flexibility index (Phi) is 5.15. The van der Waals surface area contributed by atoms with Gasteiger partial charge in [0.05, 0.1) is 13.2 Å². The van der Waals surface area contributed by atoms with Crippen LogP contribution in [0.2, 0.25) is 0 Å². The molecule has 7 nitrogen and oxygen atoms in total. The maximum atomic E-state index is 13.0. The number of rotatable bonds is 4. The lowest BCUT2D eigenvalue weighted by Gasteiger charge is -2.46. The van der Waals surface area contributed by atoms with Gasteiger partial charge in [-0.15, -0.1) is 0 Å². The molecule has 25 heavy (non-hydrogen) atoms. The van der Waals surface area contributed by atoms with Crippen molar-refractivity contribution in [1.29, 1.82) is 0 Å². The summed E-state index contributed by atoms with van der Waals surface area (Å²) in [4.78, 5) is 14.7. The summed E-state index contributed by atoms with van der Waals surface area (Å²) in [5.41, 5.74) is -0.0689. The fourth-order valence-corrected chi connectivity index (χ4v) is 5.22. The van der Waals surface area contributed by atoms with E-state index in [2.05, 4.69) is 0 Å². The molecular weight excluding hydrogens is 342 g/mol. The Morgan fingerprint density at radius 3 is 2.32 bits per heavy atom. The Morgan fingerprint density at radius 1 is 1.04 bits per heavy atom. The Bertz CT molecular complexity index is 715. The minimum absolute atomic E-state index is 0.167. The van der Waals surface area contributed by atoms with Crippen LogP contribution in [0.15, 0.2) is 30.3 Å². The summed E-state index contributed by atoms with van der Waals surface area (Å²) in [6.07, 6.45) is 0. The highest BCUT2D eigenvalue weighted by molar-refractivity contribution is 7.86. The normalized spacial score (nSPS) is 23.0. The quantitative estimate of drug-likeness (QED) is 0.785. The Morgan fingerprint density at radius 2 is 1.68 bits per heavy atom. The maximum Gasteiger partial charge on any atom is 0.283 e. The fourth-order valence-electron chi connectivity index (χ4n) is 3.36. The lowest BCUT2D eigenvalue weighted by atomic mass is 10.00. The summed E-state index contributed by atoms with van der Waals surface area (Å²) in [5.74, 6) is -0.167. The maximum absolute atomic E-state index is 13.0. The second-order valence-electron chi connectivity index (χ2n) is 6.86. The molecule has 1 amide bonds. The van der Waals surface area contributed by atoms with Gasteiger partial charge in [0.1, 0.15) is 5.54 Å². The third kappa shape index (κ3) is 3.57. The van der Waals surface area contributed by atoms with Crippen LogP contribution in [0.1, 0.15) is 19.4 Å². The van der Waals surface area contributed by atoms with E-state index in [-0.39, 0.29) is 5.91 Å².